The van der Waals surface area contributed by atoms with Gasteiger partial charge in [-0.1, -0.05) is 18.6 Å². The highest BCUT2D eigenvalue weighted by Gasteiger charge is 2.28. The minimum atomic E-state index is -0.288. The maximum atomic E-state index is 13.3. The molecule has 5 nitrogen and oxygen atoms in total. The first kappa shape index (κ1) is 17.3. The standard InChI is InChI=1S/C19H23FN4O/c1-13(14-4-2-6-16(20)10-14)23-19(25)15-5-3-7-17(11-15)24-18-12-21-8-9-22-18/h2,4,6,8-10,12-13,15,17H,3,5,7,11H2,1H3,(H,22,24)(H,23,25). The summed E-state index contributed by atoms with van der Waals surface area (Å²) in [5, 5.41) is 6.37. The van der Waals surface area contributed by atoms with Gasteiger partial charge in [0.1, 0.15) is 11.6 Å². The third-order valence-electron chi connectivity index (χ3n) is 4.67. The third kappa shape index (κ3) is 4.75. The molecule has 0 saturated heterocycles. The SMILES string of the molecule is CC(NC(=O)C1CCCC(Nc2cnccn2)C1)c1cccc(F)c1. The van der Waals surface area contributed by atoms with Crippen molar-refractivity contribution in [3.05, 3.63) is 54.2 Å². The third-order valence-corrected chi connectivity index (χ3v) is 4.67. The summed E-state index contributed by atoms with van der Waals surface area (Å²) < 4.78 is 13.3. The molecule has 1 heterocycles. The smallest absolute Gasteiger partial charge is 0.223 e. The molecule has 1 aliphatic carbocycles. The van der Waals surface area contributed by atoms with E-state index in [4.69, 9.17) is 0 Å². The van der Waals surface area contributed by atoms with Crippen LogP contribution in [0.2, 0.25) is 0 Å². The number of rotatable bonds is 5. The van der Waals surface area contributed by atoms with Gasteiger partial charge in [-0.25, -0.2) is 9.37 Å². The van der Waals surface area contributed by atoms with Gasteiger partial charge in [0, 0.05) is 24.4 Å². The van der Waals surface area contributed by atoms with Crippen molar-refractivity contribution in [3.63, 3.8) is 0 Å². The fourth-order valence-corrected chi connectivity index (χ4v) is 3.33. The number of nitrogens with zero attached hydrogens (tertiary/aromatic N) is 2. The van der Waals surface area contributed by atoms with Crippen LogP contribution in [0.15, 0.2) is 42.9 Å². The molecule has 1 aromatic carbocycles. The van der Waals surface area contributed by atoms with Gasteiger partial charge in [-0.3, -0.25) is 9.78 Å². The van der Waals surface area contributed by atoms with Gasteiger partial charge in [0.25, 0.3) is 0 Å². The number of benzene rings is 1. The van der Waals surface area contributed by atoms with Crippen molar-refractivity contribution in [3.8, 4) is 0 Å². The van der Waals surface area contributed by atoms with Crippen molar-refractivity contribution in [2.24, 2.45) is 5.92 Å². The second kappa shape index (κ2) is 8.05. The van der Waals surface area contributed by atoms with E-state index < -0.39 is 0 Å². The Morgan fingerprint density at radius 3 is 2.96 bits per heavy atom. The highest BCUT2D eigenvalue weighted by Crippen LogP contribution is 2.27. The number of amides is 1. The van der Waals surface area contributed by atoms with Crippen LogP contribution in [0, 0.1) is 11.7 Å². The number of halogens is 1. The molecule has 1 fully saturated rings. The molecule has 1 aromatic heterocycles. The van der Waals surface area contributed by atoms with Crippen molar-refractivity contribution in [2.45, 2.75) is 44.7 Å². The molecule has 3 unspecified atom stereocenters. The van der Waals surface area contributed by atoms with E-state index in [1.54, 1.807) is 24.7 Å². The van der Waals surface area contributed by atoms with Crippen LogP contribution in [0.25, 0.3) is 0 Å². The number of nitrogens with one attached hydrogen (secondary N) is 2. The predicted octanol–water partition coefficient (Wildman–Crippen LogP) is 3.46. The summed E-state index contributed by atoms with van der Waals surface area (Å²) in [5.41, 5.74) is 0.776. The van der Waals surface area contributed by atoms with Crippen molar-refractivity contribution in [1.82, 2.24) is 15.3 Å². The summed E-state index contributed by atoms with van der Waals surface area (Å²) in [7, 11) is 0. The van der Waals surface area contributed by atoms with Crippen LogP contribution in [-0.2, 0) is 4.79 Å². The first-order valence-electron chi connectivity index (χ1n) is 8.70. The molecule has 25 heavy (non-hydrogen) atoms. The predicted molar refractivity (Wildman–Crippen MR) is 94.4 cm³/mol. The summed E-state index contributed by atoms with van der Waals surface area (Å²) in [6, 6.07) is 6.36. The van der Waals surface area contributed by atoms with E-state index in [9.17, 15) is 9.18 Å². The normalized spacial score (nSPS) is 21.4. The fraction of sp³-hybridized carbons (Fsp3) is 0.421. The van der Waals surface area contributed by atoms with E-state index in [-0.39, 0.29) is 29.7 Å². The molecule has 3 rings (SSSR count). The second-order valence-corrected chi connectivity index (χ2v) is 6.58. The zero-order chi connectivity index (χ0) is 17.6. The zero-order valence-corrected chi connectivity index (χ0v) is 14.3. The number of carbonyl (C=O) groups excluding carboxylic acids is 1. The molecular formula is C19H23FN4O. The van der Waals surface area contributed by atoms with Crippen LogP contribution >= 0.6 is 0 Å². The van der Waals surface area contributed by atoms with Crippen LogP contribution in [0.4, 0.5) is 10.2 Å². The lowest BCUT2D eigenvalue weighted by atomic mass is 9.85. The molecule has 0 radical (unpaired) electrons. The maximum Gasteiger partial charge on any atom is 0.223 e. The van der Waals surface area contributed by atoms with Crippen molar-refractivity contribution < 1.29 is 9.18 Å². The Morgan fingerprint density at radius 1 is 1.32 bits per heavy atom. The fourth-order valence-electron chi connectivity index (χ4n) is 3.33. The average molecular weight is 342 g/mol. The molecule has 1 aliphatic rings. The lowest BCUT2D eigenvalue weighted by Gasteiger charge is -2.30. The van der Waals surface area contributed by atoms with Crippen LogP contribution in [0.3, 0.4) is 0 Å². The Kier molecular flexibility index (Phi) is 5.58. The molecule has 0 bridgehead atoms. The topological polar surface area (TPSA) is 66.9 Å². The van der Waals surface area contributed by atoms with Gasteiger partial charge in [0.15, 0.2) is 0 Å². The quantitative estimate of drug-likeness (QED) is 0.873. The number of hydrogen-bond donors (Lipinski definition) is 2. The highest BCUT2D eigenvalue weighted by molar-refractivity contribution is 5.79. The molecule has 2 aromatic rings. The Hall–Kier alpha value is -2.50. The van der Waals surface area contributed by atoms with Crippen molar-refractivity contribution >= 4 is 11.7 Å². The summed E-state index contributed by atoms with van der Waals surface area (Å²) >= 11 is 0. The number of carbonyl (C=O) groups is 1. The Morgan fingerprint density at radius 2 is 2.20 bits per heavy atom. The number of anilines is 1. The lowest BCUT2D eigenvalue weighted by molar-refractivity contribution is -0.126. The Labute approximate surface area is 147 Å². The maximum absolute atomic E-state index is 13.3. The molecule has 6 heteroatoms. The zero-order valence-electron chi connectivity index (χ0n) is 14.3. The Balaban J connectivity index is 1.56. The first-order chi connectivity index (χ1) is 12.1. The number of hydrogen-bond acceptors (Lipinski definition) is 4. The van der Waals surface area contributed by atoms with Crippen LogP contribution in [-0.4, -0.2) is 21.9 Å². The summed E-state index contributed by atoms with van der Waals surface area (Å²) in [6.45, 7) is 1.88. The molecule has 0 aliphatic heterocycles. The van der Waals surface area contributed by atoms with E-state index in [1.165, 1.54) is 12.1 Å². The Bertz CT molecular complexity index is 710. The van der Waals surface area contributed by atoms with Crippen LogP contribution in [0.5, 0.6) is 0 Å². The van der Waals surface area contributed by atoms with E-state index >= 15 is 0 Å². The van der Waals surface area contributed by atoms with Crippen LogP contribution < -0.4 is 10.6 Å². The lowest BCUT2D eigenvalue weighted by Crippen LogP contribution is -2.38. The van der Waals surface area contributed by atoms with Crippen molar-refractivity contribution in [1.29, 1.82) is 0 Å². The van der Waals surface area contributed by atoms with Gasteiger partial charge >= 0.3 is 0 Å². The minimum absolute atomic E-state index is 0.0300. The molecular weight excluding hydrogens is 319 g/mol. The average Bonchev–Trinajstić information content (AvgIpc) is 2.63. The van der Waals surface area contributed by atoms with E-state index in [0.717, 1.165) is 37.1 Å². The largest absolute Gasteiger partial charge is 0.366 e. The molecule has 3 atom stereocenters. The molecule has 2 N–H and O–H groups in total. The van der Waals surface area contributed by atoms with E-state index in [1.807, 2.05) is 13.0 Å². The van der Waals surface area contributed by atoms with Gasteiger partial charge < -0.3 is 10.6 Å². The molecule has 1 amide bonds. The van der Waals surface area contributed by atoms with Gasteiger partial charge in [0.2, 0.25) is 5.91 Å². The molecule has 132 valence electrons. The van der Waals surface area contributed by atoms with E-state index in [0.29, 0.717) is 0 Å². The second-order valence-electron chi connectivity index (χ2n) is 6.58. The number of aromatic nitrogens is 2. The summed E-state index contributed by atoms with van der Waals surface area (Å²) in [6.07, 6.45) is 8.62. The van der Waals surface area contributed by atoms with Gasteiger partial charge in [-0.05, 0) is 43.9 Å². The minimum Gasteiger partial charge on any atom is -0.366 e. The van der Waals surface area contributed by atoms with E-state index in [2.05, 4.69) is 20.6 Å². The van der Waals surface area contributed by atoms with Gasteiger partial charge in [0.05, 0.1) is 12.2 Å². The first-order valence-corrected chi connectivity index (χ1v) is 8.70. The van der Waals surface area contributed by atoms with Crippen LogP contribution in [0.1, 0.15) is 44.2 Å². The molecule has 1 saturated carbocycles. The monoisotopic (exact) mass is 342 g/mol. The van der Waals surface area contributed by atoms with Crippen molar-refractivity contribution in [2.75, 3.05) is 5.32 Å². The summed E-state index contributed by atoms with van der Waals surface area (Å²) in [5.74, 6) is 0.438. The van der Waals surface area contributed by atoms with Gasteiger partial charge in [-0.2, -0.15) is 0 Å². The summed E-state index contributed by atoms with van der Waals surface area (Å²) in [4.78, 5) is 20.9. The molecule has 0 spiro atoms. The highest BCUT2D eigenvalue weighted by atomic mass is 19.1. The van der Waals surface area contributed by atoms with Gasteiger partial charge in [-0.15, -0.1) is 0 Å².